The highest BCUT2D eigenvalue weighted by molar-refractivity contribution is 7.99. The summed E-state index contributed by atoms with van der Waals surface area (Å²) in [5, 5.41) is 14.2. The zero-order chi connectivity index (χ0) is 21.2. The number of nitrogens with one attached hydrogen (secondary N) is 2. The molecule has 0 fully saturated rings. The molecule has 0 radical (unpaired) electrons. The standard InChI is InChI=1S/C21H23N5O3S/c1-29-18-9-7-17(8-10-18)26-15-24-25-21(26)30-14-20(28)23-12-11-22-19(27)13-16-5-3-2-4-6-16/h2-10,15H,11-14H2,1H3,(H,22,27)(H,23,28). The van der Waals surface area contributed by atoms with E-state index in [1.54, 1.807) is 18.0 Å². The lowest BCUT2D eigenvalue weighted by molar-refractivity contribution is -0.121. The maximum Gasteiger partial charge on any atom is 0.230 e. The van der Waals surface area contributed by atoms with Gasteiger partial charge in [-0.1, -0.05) is 42.1 Å². The molecule has 1 heterocycles. The molecule has 2 amide bonds. The molecule has 0 bridgehead atoms. The predicted octanol–water partition coefficient (Wildman–Crippen LogP) is 1.84. The smallest absolute Gasteiger partial charge is 0.230 e. The average Bonchev–Trinajstić information content (AvgIpc) is 3.25. The first-order valence-corrected chi connectivity index (χ1v) is 10.4. The van der Waals surface area contributed by atoms with Gasteiger partial charge in [-0.05, 0) is 29.8 Å². The fourth-order valence-electron chi connectivity index (χ4n) is 2.67. The first-order valence-electron chi connectivity index (χ1n) is 9.40. The minimum atomic E-state index is -0.137. The van der Waals surface area contributed by atoms with Crippen molar-refractivity contribution in [2.45, 2.75) is 11.6 Å². The van der Waals surface area contributed by atoms with Gasteiger partial charge in [-0.3, -0.25) is 14.2 Å². The minimum absolute atomic E-state index is 0.0718. The minimum Gasteiger partial charge on any atom is -0.497 e. The molecule has 0 aliphatic heterocycles. The summed E-state index contributed by atoms with van der Waals surface area (Å²) in [6, 6.07) is 17.0. The number of methoxy groups -OCH3 is 1. The van der Waals surface area contributed by atoms with Gasteiger partial charge in [0.1, 0.15) is 12.1 Å². The summed E-state index contributed by atoms with van der Waals surface area (Å²) in [5.74, 6) is 0.752. The topological polar surface area (TPSA) is 98.1 Å². The highest BCUT2D eigenvalue weighted by Gasteiger charge is 2.10. The molecule has 156 valence electrons. The molecule has 0 spiro atoms. The van der Waals surface area contributed by atoms with Crippen molar-refractivity contribution in [1.82, 2.24) is 25.4 Å². The summed E-state index contributed by atoms with van der Waals surface area (Å²) in [7, 11) is 1.61. The van der Waals surface area contributed by atoms with Gasteiger partial charge in [0.2, 0.25) is 11.8 Å². The number of rotatable bonds is 10. The SMILES string of the molecule is COc1ccc(-n2cnnc2SCC(=O)NCCNC(=O)Cc2ccccc2)cc1. The van der Waals surface area contributed by atoms with Crippen molar-refractivity contribution >= 4 is 23.6 Å². The van der Waals surface area contributed by atoms with E-state index < -0.39 is 0 Å². The fourth-order valence-corrected chi connectivity index (χ4v) is 3.43. The van der Waals surface area contributed by atoms with Gasteiger partial charge in [0.25, 0.3) is 0 Å². The number of aromatic nitrogens is 3. The van der Waals surface area contributed by atoms with Gasteiger partial charge >= 0.3 is 0 Å². The third-order valence-electron chi connectivity index (χ3n) is 4.18. The Morgan fingerprint density at radius 1 is 1.00 bits per heavy atom. The quantitative estimate of drug-likeness (QED) is 0.380. The van der Waals surface area contributed by atoms with Crippen molar-refractivity contribution in [2.75, 3.05) is 26.0 Å². The van der Waals surface area contributed by atoms with E-state index in [1.165, 1.54) is 11.8 Å². The molecule has 3 aromatic rings. The molecule has 0 aliphatic rings. The molecule has 1 aromatic heterocycles. The van der Waals surface area contributed by atoms with Crippen LogP contribution in [0.1, 0.15) is 5.56 Å². The van der Waals surface area contributed by atoms with Gasteiger partial charge in [-0.25, -0.2) is 0 Å². The number of hydrogen-bond donors (Lipinski definition) is 2. The first-order chi connectivity index (χ1) is 14.7. The number of carbonyl (C=O) groups excluding carboxylic acids is 2. The Hall–Kier alpha value is -3.33. The number of carbonyl (C=O) groups is 2. The number of ether oxygens (including phenoxy) is 1. The largest absolute Gasteiger partial charge is 0.497 e. The molecule has 2 N–H and O–H groups in total. The molecule has 0 saturated carbocycles. The van der Waals surface area contributed by atoms with E-state index in [4.69, 9.17) is 4.74 Å². The summed E-state index contributed by atoms with van der Waals surface area (Å²) in [6.07, 6.45) is 1.93. The summed E-state index contributed by atoms with van der Waals surface area (Å²) in [6.45, 7) is 0.745. The van der Waals surface area contributed by atoms with Crippen LogP contribution >= 0.6 is 11.8 Å². The van der Waals surface area contributed by atoms with Crippen LogP contribution in [-0.4, -0.2) is 52.5 Å². The lowest BCUT2D eigenvalue weighted by Crippen LogP contribution is -2.36. The second-order valence-corrected chi connectivity index (χ2v) is 7.27. The lowest BCUT2D eigenvalue weighted by Gasteiger charge is -2.08. The van der Waals surface area contributed by atoms with Crippen LogP contribution in [-0.2, 0) is 16.0 Å². The first kappa shape index (κ1) is 21.4. The van der Waals surface area contributed by atoms with Gasteiger partial charge in [-0.2, -0.15) is 0 Å². The highest BCUT2D eigenvalue weighted by atomic mass is 32.2. The van der Waals surface area contributed by atoms with Crippen molar-refractivity contribution in [1.29, 1.82) is 0 Å². The summed E-state index contributed by atoms with van der Waals surface area (Å²) >= 11 is 1.29. The van der Waals surface area contributed by atoms with E-state index in [0.29, 0.717) is 24.7 Å². The second-order valence-electron chi connectivity index (χ2n) is 6.33. The maximum atomic E-state index is 12.1. The van der Waals surface area contributed by atoms with Crippen LogP contribution in [0.15, 0.2) is 66.1 Å². The number of hydrogen-bond acceptors (Lipinski definition) is 6. The molecule has 0 atom stereocenters. The van der Waals surface area contributed by atoms with Crippen molar-refractivity contribution in [3.63, 3.8) is 0 Å². The molecule has 3 rings (SSSR count). The predicted molar refractivity (Wildman–Crippen MR) is 115 cm³/mol. The van der Waals surface area contributed by atoms with E-state index in [1.807, 2.05) is 54.6 Å². The monoisotopic (exact) mass is 425 g/mol. The summed E-state index contributed by atoms with van der Waals surface area (Å²) in [5.41, 5.74) is 1.83. The van der Waals surface area contributed by atoms with Crippen molar-refractivity contribution in [2.24, 2.45) is 0 Å². The van der Waals surface area contributed by atoms with E-state index >= 15 is 0 Å². The molecular weight excluding hydrogens is 402 g/mol. The van der Waals surface area contributed by atoms with E-state index in [0.717, 1.165) is 17.0 Å². The molecule has 30 heavy (non-hydrogen) atoms. The Bertz CT molecular complexity index is 960. The van der Waals surface area contributed by atoms with E-state index in [2.05, 4.69) is 20.8 Å². The van der Waals surface area contributed by atoms with Crippen LogP contribution in [0, 0.1) is 0 Å². The van der Waals surface area contributed by atoms with E-state index in [9.17, 15) is 9.59 Å². The zero-order valence-electron chi connectivity index (χ0n) is 16.6. The maximum absolute atomic E-state index is 12.1. The third kappa shape index (κ3) is 6.35. The normalized spacial score (nSPS) is 10.4. The molecule has 2 aromatic carbocycles. The van der Waals surface area contributed by atoms with Crippen LogP contribution in [0.2, 0.25) is 0 Å². The Balaban J connectivity index is 1.38. The number of nitrogens with zero attached hydrogens (tertiary/aromatic N) is 3. The Morgan fingerprint density at radius 3 is 2.40 bits per heavy atom. The molecule has 0 unspecified atom stereocenters. The molecule has 0 saturated heterocycles. The molecular formula is C21H23N5O3S. The Labute approximate surface area is 179 Å². The average molecular weight is 426 g/mol. The number of thioether (sulfide) groups is 1. The zero-order valence-corrected chi connectivity index (χ0v) is 17.4. The van der Waals surface area contributed by atoms with Crippen molar-refractivity contribution in [3.05, 3.63) is 66.5 Å². The van der Waals surface area contributed by atoms with Crippen molar-refractivity contribution < 1.29 is 14.3 Å². The Morgan fingerprint density at radius 2 is 1.70 bits per heavy atom. The lowest BCUT2D eigenvalue weighted by atomic mass is 10.1. The van der Waals surface area contributed by atoms with Crippen LogP contribution < -0.4 is 15.4 Å². The fraction of sp³-hybridized carbons (Fsp3) is 0.238. The van der Waals surface area contributed by atoms with Gasteiger partial charge in [-0.15, -0.1) is 10.2 Å². The van der Waals surface area contributed by atoms with Crippen LogP contribution in [0.25, 0.3) is 5.69 Å². The van der Waals surface area contributed by atoms with Gasteiger partial charge in [0.15, 0.2) is 5.16 Å². The highest BCUT2D eigenvalue weighted by Crippen LogP contribution is 2.21. The molecule has 8 nitrogen and oxygen atoms in total. The number of amides is 2. The summed E-state index contributed by atoms with van der Waals surface area (Å²) in [4.78, 5) is 24.0. The molecule has 0 aliphatic carbocycles. The van der Waals surface area contributed by atoms with Crippen LogP contribution in [0.5, 0.6) is 5.75 Å². The Kier molecular flexibility index (Phi) is 7.85. The van der Waals surface area contributed by atoms with Crippen LogP contribution in [0.3, 0.4) is 0 Å². The third-order valence-corrected chi connectivity index (χ3v) is 5.12. The van der Waals surface area contributed by atoms with Gasteiger partial charge < -0.3 is 15.4 Å². The van der Waals surface area contributed by atoms with Crippen molar-refractivity contribution in [3.8, 4) is 11.4 Å². The van der Waals surface area contributed by atoms with Gasteiger partial charge in [0.05, 0.1) is 19.3 Å². The molecule has 9 heteroatoms. The number of benzene rings is 2. The summed E-state index contributed by atoms with van der Waals surface area (Å²) < 4.78 is 6.97. The van der Waals surface area contributed by atoms with Gasteiger partial charge in [0, 0.05) is 18.8 Å². The van der Waals surface area contributed by atoms with E-state index in [-0.39, 0.29) is 17.6 Å². The second kappa shape index (κ2) is 11.0. The van der Waals surface area contributed by atoms with Crippen LogP contribution in [0.4, 0.5) is 0 Å².